The summed E-state index contributed by atoms with van der Waals surface area (Å²) in [4.78, 5) is 18.8. The summed E-state index contributed by atoms with van der Waals surface area (Å²) in [5, 5.41) is 4.54. The maximum atomic E-state index is 13.0. The summed E-state index contributed by atoms with van der Waals surface area (Å²) >= 11 is 0. The highest BCUT2D eigenvalue weighted by molar-refractivity contribution is 5.89. The molecule has 0 bridgehead atoms. The molecule has 0 radical (unpaired) electrons. The molecule has 2 aliphatic heterocycles. The number of amides is 1. The van der Waals surface area contributed by atoms with Crippen LogP contribution in [0.5, 0.6) is 0 Å². The molecule has 3 heterocycles. The number of para-hydroxylation sites is 1. The van der Waals surface area contributed by atoms with Gasteiger partial charge in [-0.2, -0.15) is 0 Å². The number of aromatic amines is 1. The number of carbonyl (C=O) groups excluding carboxylic acids is 1. The van der Waals surface area contributed by atoms with E-state index in [0.29, 0.717) is 19.1 Å². The summed E-state index contributed by atoms with van der Waals surface area (Å²) in [7, 11) is 1.73. The van der Waals surface area contributed by atoms with E-state index in [0.717, 1.165) is 74.9 Å². The molecule has 1 aromatic carbocycles. The number of piperidine rings is 1. The van der Waals surface area contributed by atoms with E-state index in [1.165, 1.54) is 0 Å². The van der Waals surface area contributed by atoms with E-state index in [9.17, 15) is 4.79 Å². The Hall–Kier alpha value is -1.89. The number of rotatable bonds is 7. The Morgan fingerprint density at radius 3 is 2.79 bits per heavy atom. The van der Waals surface area contributed by atoms with E-state index >= 15 is 0 Å². The second-order valence-electron chi connectivity index (χ2n) is 8.49. The van der Waals surface area contributed by atoms with E-state index in [2.05, 4.69) is 21.3 Å². The minimum atomic E-state index is -0.166. The zero-order valence-electron chi connectivity index (χ0n) is 17.4. The van der Waals surface area contributed by atoms with E-state index < -0.39 is 0 Å². The second-order valence-corrected chi connectivity index (χ2v) is 8.49. The van der Waals surface area contributed by atoms with E-state index in [4.69, 9.17) is 9.47 Å². The summed E-state index contributed by atoms with van der Waals surface area (Å²) in [6.07, 6.45) is 7.43. The predicted octanol–water partition coefficient (Wildman–Crippen LogP) is 2.88. The van der Waals surface area contributed by atoms with Crippen molar-refractivity contribution in [3.63, 3.8) is 0 Å². The molecule has 1 aromatic heterocycles. The van der Waals surface area contributed by atoms with Crippen LogP contribution >= 0.6 is 0 Å². The molecule has 2 aliphatic rings. The van der Waals surface area contributed by atoms with Crippen LogP contribution < -0.4 is 5.32 Å². The van der Waals surface area contributed by atoms with Gasteiger partial charge in [0.05, 0.1) is 6.42 Å². The van der Waals surface area contributed by atoms with Crippen molar-refractivity contribution in [2.75, 3.05) is 40.0 Å². The van der Waals surface area contributed by atoms with Crippen LogP contribution in [0.25, 0.3) is 10.9 Å². The molecule has 6 nitrogen and oxygen atoms in total. The molecule has 2 saturated heterocycles. The minimum absolute atomic E-state index is 0.102. The fraction of sp³-hybridized carbons (Fsp3) is 0.609. The van der Waals surface area contributed by atoms with Gasteiger partial charge in [0.1, 0.15) is 0 Å². The highest BCUT2D eigenvalue weighted by Crippen LogP contribution is 2.29. The third-order valence-corrected chi connectivity index (χ3v) is 6.68. The van der Waals surface area contributed by atoms with Crippen molar-refractivity contribution < 1.29 is 14.3 Å². The number of nitrogens with zero attached hydrogens (tertiary/aromatic N) is 1. The number of carbonyl (C=O) groups is 1. The van der Waals surface area contributed by atoms with Crippen molar-refractivity contribution in [1.29, 1.82) is 0 Å². The summed E-state index contributed by atoms with van der Waals surface area (Å²) in [6.45, 7) is 4.48. The van der Waals surface area contributed by atoms with Crippen LogP contribution in [0.2, 0.25) is 0 Å². The van der Waals surface area contributed by atoms with E-state index in [1.807, 2.05) is 24.4 Å². The van der Waals surface area contributed by atoms with Gasteiger partial charge in [-0.15, -0.1) is 0 Å². The van der Waals surface area contributed by atoms with Crippen molar-refractivity contribution in [3.05, 3.63) is 36.0 Å². The molecule has 2 fully saturated rings. The van der Waals surface area contributed by atoms with Gasteiger partial charge in [0.2, 0.25) is 5.91 Å². The van der Waals surface area contributed by atoms with Gasteiger partial charge in [-0.1, -0.05) is 18.2 Å². The van der Waals surface area contributed by atoms with E-state index in [1.54, 1.807) is 7.11 Å². The second kappa shape index (κ2) is 9.28. The smallest absolute Gasteiger partial charge is 0.224 e. The number of hydrogen-bond donors (Lipinski definition) is 2. The van der Waals surface area contributed by atoms with Gasteiger partial charge >= 0.3 is 0 Å². The first kappa shape index (κ1) is 20.4. The van der Waals surface area contributed by atoms with Crippen molar-refractivity contribution in [1.82, 2.24) is 15.2 Å². The van der Waals surface area contributed by atoms with Crippen LogP contribution in [0.3, 0.4) is 0 Å². The number of nitrogens with one attached hydrogen (secondary N) is 2. The van der Waals surface area contributed by atoms with Crippen molar-refractivity contribution >= 4 is 16.8 Å². The molecule has 0 spiro atoms. The summed E-state index contributed by atoms with van der Waals surface area (Å²) in [5.74, 6) is 0.102. The number of fused-ring (bicyclic) bond motifs is 1. The lowest BCUT2D eigenvalue weighted by Gasteiger charge is -2.45. The van der Waals surface area contributed by atoms with Gasteiger partial charge < -0.3 is 24.7 Å². The first-order chi connectivity index (χ1) is 14.2. The molecule has 0 unspecified atom stereocenters. The van der Waals surface area contributed by atoms with Gasteiger partial charge in [0.25, 0.3) is 0 Å². The van der Waals surface area contributed by atoms with Gasteiger partial charge in [0, 0.05) is 68.7 Å². The van der Waals surface area contributed by atoms with Crippen LogP contribution in [0.15, 0.2) is 30.5 Å². The lowest BCUT2D eigenvalue weighted by atomic mass is 9.83. The molecule has 158 valence electrons. The average Bonchev–Trinajstić information content (AvgIpc) is 3.16. The first-order valence-electron chi connectivity index (χ1n) is 10.9. The molecule has 2 N–H and O–H groups in total. The number of methoxy groups -OCH3 is 1. The molecule has 2 aromatic rings. The first-order valence-corrected chi connectivity index (χ1v) is 10.9. The highest BCUT2D eigenvalue weighted by Gasteiger charge is 2.37. The van der Waals surface area contributed by atoms with Crippen LogP contribution in [-0.4, -0.2) is 67.4 Å². The Balaban J connectivity index is 1.39. The van der Waals surface area contributed by atoms with Gasteiger partial charge in [0.15, 0.2) is 0 Å². The summed E-state index contributed by atoms with van der Waals surface area (Å²) in [6, 6.07) is 8.77. The Bertz CT molecular complexity index is 805. The Kier molecular flexibility index (Phi) is 6.53. The summed E-state index contributed by atoms with van der Waals surface area (Å²) < 4.78 is 10.9. The fourth-order valence-electron chi connectivity index (χ4n) is 4.89. The third-order valence-electron chi connectivity index (χ3n) is 6.68. The molecule has 0 saturated carbocycles. The van der Waals surface area contributed by atoms with Crippen LogP contribution in [0.1, 0.15) is 37.7 Å². The SMILES string of the molecule is COCCC1(NC(=O)Cc2c[nH]c3ccccc23)CCN(C2CCOCC2)CC1. The van der Waals surface area contributed by atoms with Crippen molar-refractivity contribution in [3.8, 4) is 0 Å². The van der Waals surface area contributed by atoms with Crippen molar-refractivity contribution in [2.24, 2.45) is 0 Å². The average molecular weight is 400 g/mol. The van der Waals surface area contributed by atoms with Gasteiger partial charge in [-0.25, -0.2) is 0 Å². The van der Waals surface area contributed by atoms with Crippen molar-refractivity contribution in [2.45, 2.75) is 50.1 Å². The zero-order chi connectivity index (χ0) is 20.1. The fourth-order valence-corrected chi connectivity index (χ4v) is 4.89. The summed E-state index contributed by atoms with van der Waals surface area (Å²) in [5.41, 5.74) is 1.97. The standard InChI is InChI=1S/C23H33N3O3/c1-28-15-10-23(8-11-26(12-9-23)19-6-13-29-14-7-19)25-22(27)16-18-17-24-21-5-3-2-4-20(18)21/h2-5,17,19,24H,6-16H2,1H3,(H,25,27). The minimum Gasteiger partial charge on any atom is -0.385 e. The lowest BCUT2D eigenvalue weighted by molar-refractivity contribution is -0.123. The molecule has 4 rings (SSSR count). The van der Waals surface area contributed by atoms with Crippen LogP contribution in [0, 0.1) is 0 Å². The molecular weight excluding hydrogens is 366 g/mol. The highest BCUT2D eigenvalue weighted by atomic mass is 16.5. The number of likely N-dealkylation sites (tertiary alicyclic amines) is 1. The number of hydrogen-bond acceptors (Lipinski definition) is 4. The van der Waals surface area contributed by atoms with Gasteiger partial charge in [-0.05, 0) is 43.7 Å². The molecule has 0 aliphatic carbocycles. The number of H-pyrrole nitrogens is 1. The zero-order valence-corrected chi connectivity index (χ0v) is 17.4. The number of aromatic nitrogens is 1. The predicted molar refractivity (Wildman–Crippen MR) is 114 cm³/mol. The Morgan fingerprint density at radius 1 is 1.28 bits per heavy atom. The molecular formula is C23H33N3O3. The van der Waals surface area contributed by atoms with Gasteiger partial charge in [-0.3, -0.25) is 4.79 Å². The monoisotopic (exact) mass is 399 g/mol. The number of benzene rings is 1. The Morgan fingerprint density at radius 2 is 2.03 bits per heavy atom. The number of ether oxygens (including phenoxy) is 2. The quantitative estimate of drug-likeness (QED) is 0.751. The third kappa shape index (κ3) is 4.82. The van der Waals surface area contributed by atoms with Crippen LogP contribution in [0.4, 0.5) is 0 Å². The normalized spacial score (nSPS) is 20.7. The maximum absolute atomic E-state index is 13.0. The topological polar surface area (TPSA) is 66.6 Å². The molecule has 6 heteroatoms. The van der Waals surface area contributed by atoms with E-state index in [-0.39, 0.29) is 11.4 Å². The molecule has 0 atom stereocenters. The molecule has 1 amide bonds. The largest absolute Gasteiger partial charge is 0.385 e. The van der Waals surface area contributed by atoms with Crippen LogP contribution in [-0.2, 0) is 20.7 Å². The molecule has 29 heavy (non-hydrogen) atoms. The lowest BCUT2D eigenvalue weighted by Crippen LogP contribution is -2.58. The Labute approximate surface area is 172 Å². The maximum Gasteiger partial charge on any atom is 0.224 e.